The SMILES string of the molecule is Cc1cccc(C[C@H](NC(=O)C(c2ccccc2)c2ccccc2)C(=O)N[C@@H](C#N)COCc2cccc(C(=O)O)c2)c1. The van der Waals surface area contributed by atoms with Gasteiger partial charge in [0.05, 0.1) is 30.8 Å². The molecule has 0 aliphatic carbocycles. The number of nitrogens with zero attached hydrogens (tertiary/aromatic N) is 1. The van der Waals surface area contributed by atoms with Crippen LogP contribution in [0.4, 0.5) is 0 Å². The number of amides is 2. The first-order valence-electron chi connectivity index (χ1n) is 13.9. The zero-order valence-corrected chi connectivity index (χ0v) is 23.8. The summed E-state index contributed by atoms with van der Waals surface area (Å²) in [4.78, 5) is 38.7. The number of benzene rings is 4. The van der Waals surface area contributed by atoms with Crippen molar-refractivity contribution < 1.29 is 24.2 Å². The van der Waals surface area contributed by atoms with Gasteiger partial charge in [-0.2, -0.15) is 5.26 Å². The molecule has 0 spiro atoms. The van der Waals surface area contributed by atoms with Crippen molar-refractivity contribution in [1.82, 2.24) is 10.6 Å². The van der Waals surface area contributed by atoms with Crippen molar-refractivity contribution in [1.29, 1.82) is 5.26 Å². The fraction of sp³-hybridized carbons (Fsp3) is 0.200. The Hall–Kier alpha value is -5.26. The van der Waals surface area contributed by atoms with Gasteiger partial charge in [0.15, 0.2) is 0 Å². The summed E-state index contributed by atoms with van der Waals surface area (Å²) >= 11 is 0. The van der Waals surface area contributed by atoms with Crippen LogP contribution in [0.3, 0.4) is 0 Å². The molecule has 4 rings (SSSR count). The Bertz CT molecular complexity index is 1540. The van der Waals surface area contributed by atoms with E-state index in [0.29, 0.717) is 5.56 Å². The van der Waals surface area contributed by atoms with Crippen LogP contribution < -0.4 is 10.6 Å². The third kappa shape index (κ3) is 8.86. The molecular weight excluding hydrogens is 542 g/mol. The number of ether oxygens (including phenoxy) is 1. The third-order valence-corrected chi connectivity index (χ3v) is 6.88. The molecule has 0 fully saturated rings. The van der Waals surface area contributed by atoms with E-state index in [1.54, 1.807) is 12.1 Å². The molecular formula is C35H33N3O5. The summed E-state index contributed by atoms with van der Waals surface area (Å²) in [7, 11) is 0. The normalized spacial score (nSPS) is 12.1. The predicted octanol–water partition coefficient (Wildman–Crippen LogP) is 4.78. The molecule has 2 atom stereocenters. The number of carbonyl (C=O) groups is 3. The fourth-order valence-corrected chi connectivity index (χ4v) is 4.80. The number of aryl methyl sites for hydroxylation is 1. The number of carboxylic acids is 1. The highest BCUT2D eigenvalue weighted by molar-refractivity contribution is 5.93. The van der Waals surface area contributed by atoms with E-state index in [2.05, 4.69) is 10.6 Å². The van der Waals surface area contributed by atoms with Crippen molar-refractivity contribution in [3.8, 4) is 6.07 Å². The van der Waals surface area contributed by atoms with Gasteiger partial charge in [0, 0.05) is 6.42 Å². The molecule has 0 aromatic heterocycles. The van der Waals surface area contributed by atoms with Crippen LogP contribution in [0.2, 0.25) is 0 Å². The maximum absolute atomic E-state index is 13.9. The Morgan fingerprint density at radius 2 is 1.42 bits per heavy atom. The van der Waals surface area contributed by atoms with Gasteiger partial charge >= 0.3 is 5.97 Å². The minimum absolute atomic E-state index is 0.0639. The number of rotatable bonds is 13. The summed E-state index contributed by atoms with van der Waals surface area (Å²) in [6.45, 7) is 1.89. The van der Waals surface area contributed by atoms with Crippen LogP contribution in [0.1, 0.15) is 44.1 Å². The minimum atomic E-state index is -1.05. The van der Waals surface area contributed by atoms with Gasteiger partial charge in [-0.1, -0.05) is 103 Å². The van der Waals surface area contributed by atoms with E-state index in [9.17, 15) is 24.8 Å². The van der Waals surface area contributed by atoms with E-state index in [-0.39, 0.29) is 31.1 Å². The largest absolute Gasteiger partial charge is 0.478 e. The molecule has 43 heavy (non-hydrogen) atoms. The van der Waals surface area contributed by atoms with Crippen molar-refractivity contribution in [3.05, 3.63) is 143 Å². The van der Waals surface area contributed by atoms with Gasteiger partial charge in [0.1, 0.15) is 12.1 Å². The van der Waals surface area contributed by atoms with Crippen LogP contribution in [0.15, 0.2) is 109 Å². The second-order valence-electron chi connectivity index (χ2n) is 10.2. The van der Waals surface area contributed by atoms with E-state index < -0.39 is 29.9 Å². The molecule has 8 nitrogen and oxygen atoms in total. The quantitative estimate of drug-likeness (QED) is 0.211. The average molecular weight is 576 g/mol. The van der Waals surface area contributed by atoms with Gasteiger partial charge in [-0.3, -0.25) is 9.59 Å². The Balaban J connectivity index is 1.50. The molecule has 0 bridgehead atoms. The monoisotopic (exact) mass is 575 g/mol. The predicted molar refractivity (Wildman–Crippen MR) is 162 cm³/mol. The van der Waals surface area contributed by atoms with E-state index in [1.807, 2.05) is 97.9 Å². The zero-order valence-electron chi connectivity index (χ0n) is 23.8. The molecule has 0 heterocycles. The summed E-state index contributed by atoms with van der Waals surface area (Å²) in [5.74, 6) is -2.55. The Morgan fingerprint density at radius 1 is 0.791 bits per heavy atom. The Kier molecular flexibility index (Phi) is 10.8. The van der Waals surface area contributed by atoms with Crippen LogP contribution in [0, 0.1) is 18.3 Å². The number of aromatic carboxylic acids is 1. The third-order valence-electron chi connectivity index (χ3n) is 6.88. The first kappa shape index (κ1) is 30.7. The van der Waals surface area contributed by atoms with E-state index >= 15 is 0 Å². The fourth-order valence-electron chi connectivity index (χ4n) is 4.80. The molecule has 0 aliphatic heterocycles. The van der Waals surface area contributed by atoms with E-state index in [0.717, 1.165) is 22.3 Å². The molecule has 0 unspecified atom stereocenters. The summed E-state index contributed by atoms with van der Waals surface area (Å²) in [5.41, 5.74) is 4.21. The lowest BCUT2D eigenvalue weighted by Gasteiger charge is -2.24. The number of nitriles is 1. The molecule has 0 radical (unpaired) electrons. The Morgan fingerprint density at radius 3 is 2.02 bits per heavy atom. The second kappa shape index (κ2) is 15.1. The van der Waals surface area contributed by atoms with Crippen molar-refractivity contribution in [2.75, 3.05) is 6.61 Å². The van der Waals surface area contributed by atoms with Crippen molar-refractivity contribution in [3.63, 3.8) is 0 Å². The maximum atomic E-state index is 13.9. The highest BCUT2D eigenvalue weighted by Gasteiger charge is 2.29. The number of nitrogens with one attached hydrogen (secondary N) is 2. The van der Waals surface area contributed by atoms with Crippen molar-refractivity contribution in [2.24, 2.45) is 0 Å². The van der Waals surface area contributed by atoms with Gasteiger partial charge in [-0.15, -0.1) is 0 Å². The lowest BCUT2D eigenvalue weighted by atomic mass is 9.90. The Labute approximate surface area is 251 Å². The van der Waals surface area contributed by atoms with Crippen LogP contribution in [-0.4, -0.2) is 41.6 Å². The number of carbonyl (C=O) groups excluding carboxylic acids is 2. The minimum Gasteiger partial charge on any atom is -0.478 e. The molecule has 8 heteroatoms. The van der Waals surface area contributed by atoms with Gasteiger partial charge < -0.3 is 20.5 Å². The topological polar surface area (TPSA) is 129 Å². The molecule has 4 aromatic rings. The van der Waals surface area contributed by atoms with Crippen LogP contribution in [0.5, 0.6) is 0 Å². The molecule has 0 saturated carbocycles. The van der Waals surface area contributed by atoms with E-state index in [1.165, 1.54) is 12.1 Å². The molecule has 0 saturated heterocycles. The van der Waals surface area contributed by atoms with Crippen LogP contribution in [0.25, 0.3) is 0 Å². The highest BCUT2D eigenvalue weighted by Crippen LogP contribution is 2.25. The summed E-state index contributed by atoms with van der Waals surface area (Å²) < 4.78 is 5.64. The van der Waals surface area contributed by atoms with Gasteiger partial charge in [-0.05, 0) is 41.3 Å². The molecule has 2 amide bonds. The number of hydrogen-bond acceptors (Lipinski definition) is 5. The summed E-state index contributed by atoms with van der Waals surface area (Å²) in [5, 5.41) is 24.6. The standard InChI is InChI=1S/C35H33N3O5/c1-24-10-8-11-25(18-24)20-31(38-34(40)32(27-13-4-2-5-14-27)28-15-6-3-7-16-28)33(39)37-30(21-36)23-43-22-26-12-9-17-29(19-26)35(41)42/h2-19,30-32H,20,22-23H2,1H3,(H,37,39)(H,38,40)(H,41,42)/t30-,31-/m0/s1. The molecule has 4 aromatic carbocycles. The lowest BCUT2D eigenvalue weighted by Crippen LogP contribution is -2.52. The molecule has 0 aliphatic rings. The maximum Gasteiger partial charge on any atom is 0.335 e. The van der Waals surface area contributed by atoms with Gasteiger partial charge in [0.2, 0.25) is 11.8 Å². The van der Waals surface area contributed by atoms with Gasteiger partial charge in [-0.25, -0.2) is 4.79 Å². The summed E-state index contributed by atoms with van der Waals surface area (Å²) in [6.07, 6.45) is 0.219. The van der Waals surface area contributed by atoms with Crippen molar-refractivity contribution >= 4 is 17.8 Å². The van der Waals surface area contributed by atoms with Crippen molar-refractivity contribution in [2.45, 2.75) is 38.0 Å². The highest BCUT2D eigenvalue weighted by atomic mass is 16.5. The first-order valence-corrected chi connectivity index (χ1v) is 13.9. The average Bonchev–Trinajstić information content (AvgIpc) is 3.01. The number of carboxylic acid groups (broad SMARTS) is 1. The molecule has 218 valence electrons. The van der Waals surface area contributed by atoms with Crippen LogP contribution in [-0.2, 0) is 27.4 Å². The van der Waals surface area contributed by atoms with Crippen LogP contribution >= 0.6 is 0 Å². The summed E-state index contributed by atoms with van der Waals surface area (Å²) in [6, 6.07) is 32.8. The smallest absolute Gasteiger partial charge is 0.335 e. The van der Waals surface area contributed by atoms with E-state index in [4.69, 9.17) is 4.74 Å². The number of hydrogen-bond donors (Lipinski definition) is 3. The second-order valence-corrected chi connectivity index (χ2v) is 10.2. The zero-order chi connectivity index (χ0) is 30.6. The van der Waals surface area contributed by atoms with Gasteiger partial charge in [0.25, 0.3) is 0 Å². The first-order chi connectivity index (χ1) is 20.8. The lowest BCUT2D eigenvalue weighted by molar-refractivity contribution is -0.129. The molecule has 3 N–H and O–H groups in total.